The molecule has 28 heavy (non-hydrogen) atoms. The van der Waals surface area contributed by atoms with Gasteiger partial charge in [0.25, 0.3) is 0 Å². The number of amides is 1. The summed E-state index contributed by atoms with van der Waals surface area (Å²) in [6.45, 7) is 8.66. The molecule has 3 aromatic rings. The summed E-state index contributed by atoms with van der Waals surface area (Å²) in [4.78, 5) is 12.8. The first-order valence-corrected chi connectivity index (χ1v) is 10.0. The largest absolute Gasteiger partial charge is 0.325 e. The fraction of sp³-hybridized carbons (Fsp3) is 0.269. The highest BCUT2D eigenvalue weighted by molar-refractivity contribution is 5.94. The third-order valence-electron chi connectivity index (χ3n) is 5.06. The molecule has 0 spiro atoms. The van der Waals surface area contributed by atoms with Crippen LogP contribution in [0, 0.1) is 0 Å². The van der Waals surface area contributed by atoms with E-state index in [9.17, 15) is 4.79 Å². The molecule has 0 aliphatic heterocycles. The van der Waals surface area contributed by atoms with Crippen LogP contribution in [0.3, 0.4) is 0 Å². The second-order valence-electron chi connectivity index (χ2n) is 7.91. The van der Waals surface area contributed by atoms with Crippen LogP contribution >= 0.6 is 0 Å². The maximum absolute atomic E-state index is 12.8. The highest BCUT2D eigenvalue weighted by Crippen LogP contribution is 2.32. The van der Waals surface area contributed by atoms with Gasteiger partial charge in [0.1, 0.15) is 0 Å². The number of para-hydroxylation sites is 1. The Morgan fingerprint density at radius 1 is 0.714 bits per heavy atom. The van der Waals surface area contributed by atoms with E-state index < -0.39 is 0 Å². The van der Waals surface area contributed by atoms with E-state index in [0.717, 1.165) is 16.8 Å². The molecule has 0 aromatic heterocycles. The predicted molar refractivity (Wildman–Crippen MR) is 119 cm³/mol. The van der Waals surface area contributed by atoms with Crippen molar-refractivity contribution in [2.75, 3.05) is 5.32 Å². The van der Waals surface area contributed by atoms with Crippen molar-refractivity contribution in [2.24, 2.45) is 0 Å². The lowest BCUT2D eigenvalue weighted by Crippen LogP contribution is -2.17. The van der Waals surface area contributed by atoms with Crippen molar-refractivity contribution in [2.45, 2.75) is 46.0 Å². The van der Waals surface area contributed by atoms with Gasteiger partial charge in [-0.05, 0) is 39.7 Å². The Balaban J connectivity index is 1.76. The second-order valence-corrected chi connectivity index (χ2v) is 7.91. The number of carbonyl (C=O) groups excluding carboxylic acids is 1. The van der Waals surface area contributed by atoms with Gasteiger partial charge in [0, 0.05) is 5.69 Å². The number of hydrogen-bond donors (Lipinski definition) is 1. The monoisotopic (exact) mass is 371 g/mol. The number of nitrogens with one attached hydrogen (secondary N) is 1. The fourth-order valence-electron chi connectivity index (χ4n) is 3.51. The zero-order valence-corrected chi connectivity index (χ0v) is 17.2. The number of benzene rings is 3. The van der Waals surface area contributed by atoms with Crippen molar-refractivity contribution in [3.8, 4) is 11.1 Å². The molecule has 0 saturated carbocycles. The van der Waals surface area contributed by atoms with Crippen LogP contribution in [-0.2, 0) is 11.2 Å². The molecule has 0 fully saturated rings. The van der Waals surface area contributed by atoms with Gasteiger partial charge in [-0.25, -0.2) is 0 Å². The van der Waals surface area contributed by atoms with E-state index in [-0.39, 0.29) is 5.91 Å². The van der Waals surface area contributed by atoms with Crippen molar-refractivity contribution in [1.82, 2.24) is 0 Å². The van der Waals surface area contributed by atoms with Crippen molar-refractivity contribution in [1.29, 1.82) is 0 Å². The summed E-state index contributed by atoms with van der Waals surface area (Å²) in [5.41, 5.74) is 6.74. The fourth-order valence-corrected chi connectivity index (χ4v) is 3.51. The summed E-state index contributed by atoms with van der Waals surface area (Å²) in [6, 6.07) is 24.8. The highest BCUT2D eigenvalue weighted by Gasteiger charge is 2.16. The Kier molecular flexibility index (Phi) is 6.30. The molecular weight excluding hydrogens is 342 g/mol. The van der Waals surface area contributed by atoms with Crippen LogP contribution in [0.5, 0.6) is 0 Å². The van der Waals surface area contributed by atoms with Crippen molar-refractivity contribution in [3.63, 3.8) is 0 Å². The smallest absolute Gasteiger partial charge is 0.228 e. The Morgan fingerprint density at radius 3 is 1.79 bits per heavy atom. The van der Waals surface area contributed by atoms with E-state index in [1.165, 1.54) is 16.7 Å². The Morgan fingerprint density at radius 2 is 1.25 bits per heavy atom. The average Bonchev–Trinajstić information content (AvgIpc) is 2.69. The van der Waals surface area contributed by atoms with Crippen LogP contribution in [0.4, 0.5) is 5.69 Å². The first kappa shape index (κ1) is 19.9. The van der Waals surface area contributed by atoms with Gasteiger partial charge in [-0.15, -0.1) is 0 Å². The maximum atomic E-state index is 12.8. The third kappa shape index (κ3) is 4.69. The standard InChI is InChI=1S/C26H29NO/c1-18(2)23-11-8-12-24(19(3)4)26(23)27-25(28)17-20-13-15-22(16-14-20)21-9-6-5-7-10-21/h5-16,18-19H,17H2,1-4H3,(H,27,28). The van der Waals surface area contributed by atoms with Gasteiger partial charge in [0.15, 0.2) is 0 Å². The van der Waals surface area contributed by atoms with Crippen LogP contribution in [0.25, 0.3) is 11.1 Å². The molecule has 2 nitrogen and oxygen atoms in total. The third-order valence-corrected chi connectivity index (χ3v) is 5.06. The van der Waals surface area contributed by atoms with Crippen LogP contribution in [0.2, 0.25) is 0 Å². The number of carbonyl (C=O) groups is 1. The number of anilines is 1. The quantitative estimate of drug-likeness (QED) is 0.508. The topological polar surface area (TPSA) is 29.1 Å². The Hall–Kier alpha value is -2.87. The summed E-state index contributed by atoms with van der Waals surface area (Å²) in [7, 11) is 0. The second kappa shape index (κ2) is 8.88. The minimum Gasteiger partial charge on any atom is -0.325 e. The summed E-state index contributed by atoms with van der Waals surface area (Å²) in [5.74, 6) is 0.751. The molecule has 0 aliphatic carbocycles. The van der Waals surface area contributed by atoms with E-state index in [0.29, 0.717) is 18.3 Å². The van der Waals surface area contributed by atoms with Gasteiger partial charge in [-0.2, -0.15) is 0 Å². The minimum absolute atomic E-state index is 0.0301. The lowest BCUT2D eigenvalue weighted by atomic mass is 9.92. The van der Waals surface area contributed by atoms with Gasteiger partial charge in [-0.1, -0.05) is 100 Å². The lowest BCUT2D eigenvalue weighted by Gasteiger charge is -2.20. The van der Waals surface area contributed by atoms with Crippen LogP contribution in [-0.4, -0.2) is 5.91 Å². The molecule has 3 aromatic carbocycles. The highest BCUT2D eigenvalue weighted by atomic mass is 16.1. The molecule has 0 saturated heterocycles. The summed E-state index contributed by atoms with van der Waals surface area (Å²) in [5, 5.41) is 3.20. The van der Waals surface area contributed by atoms with Gasteiger partial charge in [-0.3, -0.25) is 4.79 Å². The van der Waals surface area contributed by atoms with E-state index in [1.807, 2.05) is 30.3 Å². The molecule has 0 bridgehead atoms. The first-order valence-electron chi connectivity index (χ1n) is 10.0. The van der Waals surface area contributed by atoms with Crippen LogP contribution < -0.4 is 5.32 Å². The number of rotatable bonds is 6. The summed E-state index contributed by atoms with van der Waals surface area (Å²) < 4.78 is 0. The van der Waals surface area contributed by atoms with E-state index in [4.69, 9.17) is 0 Å². The van der Waals surface area contributed by atoms with E-state index in [2.05, 4.69) is 75.5 Å². The zero-order chi connectivity index (χ0) is 20.1. The molecule has 1 N–H and O–H groups in total. The van der Waals surface area contributed by atoms with Crippen molar-refractivity contribution >= 4 is 11.6 Å². The van der Waals surface area contributed by atoms with Gasteiger partial charge in [0.2, 0.25) is 5.91 Å². The van der Waals surface area contributed by atoms with Gasteiger partial charge in [0.05, 0.1) is 6.42 Å². The molecule has 1 amide bonds. The lowest BCUT2D eigenvalue weighted by molar-refractivity contribution is -0.115. The van der Waals surface area contributed by atoms with Gasteiger partial charge >= 0.3 is 0 Å². The van der Waals surface area contributed by atoms with Crippen molar-refractivity contribution < 1.29 is 4.79 Å². The number of hydrogen-bond acceptors (Lipinski definition) is 1. The van der Waals surface area contributed by atoms with Crippen LogP contribution in [0.1, 0.15) is 56.2 Å². The minimum atomic E-state index is 0.0301. The van der Waals surface area contributed by atoms with E-state index in [1.54, 1.807) is 0 Å². The normalized spacial score (nSPS) is 11.1. The van der Waals surface area contributed by atoms with Gasteiger partial charge < -0.3 is 5.32 Å². The zero-order valence-electron chi connectivity index (χ0n) is 17.2. The van der Waals surface area contributed by atoms with Crippen molar-refractivity contribution in [3.05, 3.63) is 89.5 Å². The molecule has 144 valence electrons. The molecule has 0 heterocycles. The molecule has 0 atom stereocenters. The Bertz CT molecular complexity index is 898. The van der Waals surface area contributed by atoms with Crippen LogP contribution in [0.15, 0.2) is 72.8 Å². The summed E-state index contributed by atoms with van der Waals surface area (Å²) in [6.07, 6.45) is 0.374. The maximum Gasteiger partial charge on any atom is 0.228 e. The average molecular weight is 372 g/mol. The molecular formula is C26H29NO. The molecule has 0 unspecified atom stereocenters. The molecule has 0 aliphatic rings. The SMILES string of the molecule is CC(C)c1cccc(C(C)C)c1NC(=O)Cc1ccc(-c2ccccc2)cc1. The molecule has 2 heteroatoms. The molecule has 0 radical (unpaired) electrons. The Labute approximate surface area is 168 Å². The van der Waals surface area contributed by atoms with E-state index >= 15 is 0 Å². The predicted octanol–water partition coefficient (Wildman–Crippen LogP) is 6.78. The summed E-state index contributed by atoms with van der Waals surface area (Å²) >= 11 is 0. The first-order chi connectivity index (χ1) is 13.5. The molecule has 3 rings (SSSR count).